The average molecular weight is 420 g/mol. The normalized spacial score (nSPS) is 11.5. The van der Waals surface area contributed by atoms with Crippen molar-refractivity contribution in [1.82, 2.24) is 10.1 Å². The van der Waals surface area contributed by atoms with Gasteiger partial charge in [0.05, 0.1) is 10.4 Å². The highest BCUT2D eigenvalue weighted by atomic mass is 32.1. The fraction of sp³-hybridized carbons (Fsp3) is 0.368. The summed E-state index contributed by atoms with van der Waals surface area (Å²) in [6, 6.07) is 3.78. The molecular formula is C19H21N3O4S2. The second-order valence-corrected chi connectivity index (χ2v) is 9.43. The molecule has 28 heavy (non-hydrogen) atoms. The Labute approximate surface area is 170 Å². The number of hydrogen-bond donors (Lipinski definition) is 1. The molecule has 3 aromatic rings. The van der Waals surface area contributed by atoms with Gasteiger partial charge in [-0.2, -0.15) is 4.98 Å². The molecule has 1 amide bonds. The first-order valence-electron chi connectivity index (χ1n) is 8.62. The Kier molecular flexibility index (Phi) is 5.66. The lowest BCUT2D eigenvalue weighted by molar-refractivity contribution is -0.123. The Balaban J connectivity index is 1.73. The van der Waals surface area contributed by atoms with Crippen LogP contribution in [-0.4, -0.2) is 22.0 Å². The highest BCUT2D eigenvalue weighted by Gasteiger charge is 2.27. The topological polar surface area (TPSA) is 94.3 Å². The fourth-order valence-electron chi connectivity index (χ4n) is 2.27. The Bertz CT molecular complexity index is 997. The monoisotopic (exact) mass is 419 g/mol. The number of aryl methyl sites for hydroxylation is 1. The van der Waals surface area contributed by atoms with Gasteiger partial charge >= 0.3 is 5.97 Å². The molecule has 3 heterocycles. The zero-order valence-corrected chi connectivity index (χ0v) is 17.9. The maximum atomic E-state index is 12.7. The molecule has 3 aromatic heterocycles. The minimum absolute atomic E-state index is 0.141. The van der Waals surface area contributed by atoms with Crippen molar-refractivity contribution in [2.24, 2.45) is 5.41 Å². The molecule has 0 atom stereocenters. The number of thiophene rings is 2. The van der Waals surface area contributed by atoms with Crippen LogP contribution in [0.2, 0.25) is 0 Å². The van der Waals surface area contributed by atoms with Gasteiger partial charge < -0.3 is 14.6 Å². The van der Waals surface area contributed by atoms with E-state index in [9.17, 15) is 9.59 Å². The van der Waals surface area contributed by atoms with Gasteiger partial charge in [0.1, 0.15) is 5.00 Å². The Morgan fingerprint density at radius 1 is 1.29 bits per heavy atom. The van der Waals surface area contributed by atoms with Gasteiger partial charge in [-0.3, -0.25) is 4.79 Å². The number of nitrogens with one attached hydrogen (secondary N) is 1. The molecule has 0 saturated heterocycles. The Morgan fingerprint density at radius 3 is 2.68 bits per heavy atom. The zero-order chi connectivity index (χ0) is 20.5. The SMILES string of the molecule is Cc1sc(NC(=O)C(C)(C)C)c(C(=O)OCc2nc(-c3cccs3)no2)c1C. The summed E-state index contributed by atoms with van der Waals surface area (Å²) in [5, 5.41) is 9.14. The van der Waals surface area contributed by atoms with Crippen LogP contribution in [0.25, 0.3) is 10.7 Å². The van der Waals surface area contributed by atoms with E-state index in [1.165, 1.54) is 22.7 Å². The van der Waals surface area contributed by atoms with Gasteiger partial charge in [-0.1, -0.05) is 32.0 Å². The number of rotatable bonds is 5. The molecular weight excluding hydrogens is 398 g/mol. The number of aromatic nitrogens is 2. The third kappa shape index (κ3) is 4.31. The molecule has 0 aliphatic heterocycles. The van der Waals surface area contributed by atoms with Gasteiger partial charge in [0.25, 0.3) is 5.89 Å². The van der Waals surface area contributed by atoms with Crippen molar-refractivity contribution in [3.8, 4) is 10.7 Å². The van der Waals surface area contributed by atoms with E-state index in [-0.39, 0.29) is 18.4 Å². The molecule has 0 saturated carbocycles. The summed E-state index contributed by atoms with van der Waals surface area (Å²) in [5.74, 6) is -0.0365. The van der Waals surface area contributed by atoms with Crippen LogP contribution in [0.3, 0.4) is 0 Å². The summed E-state index contributed by atoms with van der Waals surface area (Å²) in [4.78, 5) is 31.1. The number of nitrogens with zero attached hydrogens (tertiary/aromatic N) is 2. The third-order valence-electron chi connectivity index (χ3n) is 4.03. The first-order valence-corrected chi connectivity index (χ1v) is 10.3. The van der Waals surface area contributed by atoms with Crippen LogP contribution >= 0.6 is 22.7 Å². The number of esters is 1. The van der Waals surface area contributed by atoms with Crippen LogP contribution < -0.4 is 5.32 Å². The predicted molar refractivity (Wildman–Crippen MR) is 109 cm³/mol. The Morgan fingerprint density at radius 2 is 2.04 bits per heavy atom. The number of amides is 1. The highest BCUT2D eigenvalue weighted by molar-refractivity contribution is 7.16. The molecule has 0 fully saturated rings. The Hall–Kier alpha value is -2.52. The van der Waals surface area contributed by atoms with Gasteiger partial charge in [-0.05, 0) is 30.9 Å². The average Bonchev–Trinajstić information content (AvgIpc) is 3.34. The largest absolute Gasteiger partial charge is 0.452 e. The van der Waals surface area contributed by atoms with E-state index < -0.39 is 11.4 Å². The lowest BCUT2D eigenvalue weighted by atomic mass is 9.96. The van der Waals surface area contributed by atoms with Crippen molar-refractivity contribution in [2.75, 3.05) is 5.32 Å². The number of ether oxygens (including phenoxy) is 1. The number of carbonyl (C=O) groups is 2. The molecule has 1 N–H and O–H groups in total. The maximum absolute atomic E-state index is 12.7. The molecule has 0 aliphatic carbocycles. The summed E-state index contributed by atoms with van der Waals surface area (Å²) in [6.07, 6.45) is 0. The standard InChI is InChI=1S/C19H21N3O4S2/c1-10-11(2)28-16(21-18(24)19(3,4)5)14(10)17(23)25-9-13-20-15(22-26-13)12-7-6-8-27-12/h6-8H,9H2,1-5H3,(H,21,24). The van der Waals surface area contributed by atoms with E-state index in [1.807, 2.05) is 52.1 Å². The highest BCUT2D eigenvalue weighted by Crippen LogP contribution is 2.34. The molecule has 0 aliphatic rings. The van der Waals surface area contributed by atoms with Crippen LogP contribution in [0.4, 0.5) is 5.00 Å². The molecule has 148 valence electrons. The van der Waals surface area contributed by atoms with E-state index in [2.05, 4.69) is 15.5 Å². The van der Waals surface area contributed by atoms with Crippen LogP contribution in [-0.2, 0) is 16.1 Å². The number of hydrogen-bond acceptors (Lipinski definition) is 8. The van der Waals surface area contributed by atoms with E-state index in [0.717, 1.165) is 15.3 Å². The van der Waals surface area contributed by atoms with Gasteiger partial charge in [0.15, 0.2) is 6.61 Å². The van der Waals surface area contributed by atoms with E-state index in [1.54, 1.807) is 0 Å². The molecule has 3 rings (SSSR count). The van der Waals surface area contributed by atoms with Crippen LogP contribution in [0.15, 0.2) is 22.0 Å². The minimum Gasteiger partial charge on any atom is -0.452 e. The molecule has 7 nitrogen and oxygen atoms in total. The van der Waals surface area contributed by atoms with Crippen molar-refractivity contribution in [3.63, 3.8) is 0 Å². The molecule has 0 bridgehead atoms. The lowest BCUT2D eigenvalue weighted by Gasteiger charge is -2.17. The molecule has 0 aromatic carbocycles. The first kappa shape index (κ1) is 20.2. The molecule has 0 radical (unpaired) electrons. The van der Waals surface area contributed by atoms with Gasteiger partial charge in [-0.15, -0.1) is 22.7 Å². The van der Waals surface area contributed by atoms with Crippen molar-refractivity contribution in [2.45, 2.75) is 41.2 Å². The number of carbonyl (C=O) groups excluding carboxylic acids is 2. The van der Waals surface area contributed by atoms with Crippen molar-refractivity contribution in [1.29, 1.82) is 0 Å². The lowest BCUT2D eigenvalue weighted by Crippen LogP contribution is -2.28. The minimum atomic E-state index is -0.574. The summed E-state index contributed by atoms with van der Waals surface area (Å²) >= 11 is 2.85. The first-order chi connectivity index (χ1) is 13.2. The smallest absolute Gasteiger partial charge is 0.341 e. The van der Waals surface area contributed by atoms with E-state index >= 15 is 0 Å². The van der Waals surface area contributed by atoms with Crippen molar-refractivity contribution < 1.29 is 18.8 Å². The van der Waals surface area contributed by atoms with Gasteiger partial charge in [-0.25, -0.2) is 4.79 Å². The van der Waals surface area contributed by atoms with Gasteiger partial charge in [0.2, 0.25) is 11.7 Å². The quantitative estimate of drug-likeness (QED) is 0.596. The summed E-state index contributed by atoms with van der Waals surface area (Å²) < 4.78 is 10.5. The van der Waals surface area contributed by atoms with Crippen LogP contribution in [0, 0.1) is 19.3 Å². The van der Waals surface area contributed by atoms with Crippen molar-refractivity contribution >= 4 is 39.6 Å². The zero-order valence-electron chi connectivity index (χ0n) is 16.3. The third-order valence-corrected chi connectivity index (χ3v) is 6.02. The van der Waals surface area contributed by atoms with Gasteiger partial charge in [0, 0.05) is 10.3 Å². The fourth-order valence-corrected chi connectivity index (χ4v) is 3.96. The van der Waals surface area contributed by atoms with Crippen LogP contribution in [0.5, 0.6) is 0 Å². The van der Waals surface area contributed by atoms with Crippen molar-refractivity contribution in [3.05, 3.63) is 39.4 Å². The molecule has 9 heteroatoms. The number of anilines is 1. The summed E-state index contributed by atoms with van der Waals surface area (Å²) in [5.41, 5.74) is 0.566. The second-order valence-electron chi connectivity index (χ2n) is 7.26. The predicted octanol–water partition coefficient (Wildman–Crippen LogP) is 4.82. The summed E-state index contributed by atoms with van der Waals surface area (Å²) in [6.45, 7) is 9.03. The molecule has 0 unspecified atom stereocenters. The second kappa shape index (κ2) is 7.84. The van der Waals surface area contributed by atoms with Crippen LogP contribution in [0.1, 0.15) is 47.5 Å². The summed E-state index contributed by atoms with van der Waals surface area (Å²) in [7, 11) is 0. The van der Waals surface area contributed by atoms with E-state index in [0.29, 0.717) is 16.4 Å². The maximum Gasteiger partial charge on any atom is 0.341 e. The van der Waals surface area contributed by atoms with E-state index in [4.69, 9.17) is 9.26 Å². The molecule has 0 spiro atoms.